The summed E-state index contributed by atoms with van der Waals surface area (Å²) in [5, 5.41) is 4.17. The maximum atomic E-state index is 6.14. The van der Waals surface area contributed by atoms with Crippen molar-refractivity contribution >= 4 is 11.6 Å². The number of aromatic nitrogens is 2. The first-order valence-corrected chi connectivity index (χ1v) is 9.22. The highest BCUT2D eigenvalue weighted by atomic mass is 35.5. The summed E-state index contributed by atoms with van der Waals surface area (Å²) < 4.78 is 2.09. The summed E-state index contributed by atoms with van der Waals surface area (Å²) in [4.78, 5) is 4.38. The molecular formula is C20H40ClN3. The van der Waals surface area contributed by atoms with Gasteiger partial charge < -0.3 is 9.88 Å². The van der Waals surface area contributed by atoms with Crippen LogP contribution in [0.4, 0.5) is 0 Å². The summed E-state index contributed by atoms with van der Waals surface area (Å²) in [6, 6.07) is 0. The predicted octanol–water partition coefficient (Wildman–Crippen LogP) is 6.01. The van der Waals surface area contributed by atoms with Crippen molar-refractivity contribution in [1.82, 2.24) is 14.9 Å². The molecule has 0 unspecified atom stereocenters. The van der Waals surface area contributed by atoms with Crippen molar-refractivity contribution in [2.24, 2.45) is 5.41 Å². The normalized spacial score (nSPS) is 13.5. The van der Waals surface area contributed by atoms with Crippen LogP contribution in [0.2, 0.25) is 5.15 Å². The summed E-state index contributed by atoms with van der Waals surface area (Å²) >= 11 is 6.14. The zero-order chi connectivity index (χ0) is 19.6. The molecule has 0 bridgehead atoms. The van der Waals surface area contributed by atoms with Crippen LogP contribution in [0.25, 0.3) is 0 Å². The Balaban J connectivity index is 0.000000470. The van der Waals surface area contributed by atoms with Crippen LogP contribution in [0.1, 0.15) is 88.9 Å². The van der Waals surface area contributed by atoms with Gasteiger partial charge >= 0.3 is 0 Å². The minimum Gasteiger partial charge on any atom is -0.313 e. The van der Waals surface area contributed by atoms with Crippen molar-refractivity contribution in [1.29, 1.82) is 0 Å². The lowest BCUT2D eigenvalue weighted by Gasteiger charge is -2.29. The molecule has 1 aromatic heterocycles. The van der Waals surface area contributed by atoms with E-state index in [1.165, 1.54) is 0 Å². The second-order valence-electron chi connectivity index (χ2n) is 10.8. The van der Waals surface area contributed by atoms with Crippen LogP contribution < -0.4 is 5.32 Å². The molecule has 0 saturated heterocycles. The van der Waals surface area contributed by atoms with Crippen molar-refractivity contribution in [3.63, 3.8) is 0 Å². The van der Waals surface area contributed by atoms with Crippen molar-refractivity contribution in [2.45, 2.75) is 99.6 Å². The summed E-state index contributed by atoms with van der Waals surface area (Å²) in [6.45, 7) is 27.2. The fraction of sp³-hybridized carbons (Fsp3) is 0.850. The molecule has 0 radical (unpaired) electrons. The molecular weight excluding hydrogens is 318 g/mol. The SMILES string of the molecule is CC(C)(C)CNC(C)(C)C.CC(C)(C)c1ncc(Cl)n1C(C)(C)C. The quantitative estimate of drug-likeness (QED) is 0.666. The van der Waals surface area contributed by atoms with E-state index < -0.39 is 0 Å². The van der Waals surface area contributed by atoms with Crippen molar-refractivity contribution in [2.75, 3.05) is 6.54 Å². The van der Waals surface area contributed by atoms with Crippen LogP contribution in [0.3, 0.4) is 0 Å². The number of imidazole rings is 1. The van der Waals surface area contributed by atoms with Gasteiger partial charge in [0, 0.05) is 23.0 Å². The number of nitrogens with zero attached hydrogens (tertiary/aromatic N) is 2. The Kier molecular flexibility index (Phi) is 7.61. The van der Waals surface area contributed by atoms with Gasteiger partial charge in [-0.1, -0.05) is 53.1 Å². The van der Waals surface area contributed by atoms with Crippen molar-refractivity contribution in [3.05, 3.63) is 17.2 Å². The van der Waals surface area contributed by atoms with E-state index in [9.17, 15) is 0 Å². The fourth-order valence-corrected chi connectivity index (χ4v) is 2.41. The Morgan fingerprint density at radius 3 is 1.58 bits per heavy atom. The van der Waals surface area contributed by atoms with Gasteiger partial charge in [-0.15, -0.1) is 0 Å². The third-order valence-electron chi connectivity index (χ3n) is 3.21. The second-order valence-corrected chi connectivity index (χ2v) is 11.2. The molecule has 142 valence electrons. The summed E-state index contributed by atoms with van der Waals surface area (Å²) in [7, 11) is 0. The Bertz CT molecular complexity index is 489. The van der Waals surface area contributed by atoms with Gasteiger partial charge in [-0.3, -0.25) is 0 Å². The average Bonchev–Trinajstić information content (AvgIpc) is 2.67. The van der Waals surface area contributed by atoms with Gasteiger partial charge in [0.2, 0.25) is 0 Å². The third-order valence-corrected chi connectivity index (χ3v) is 3.48. The first-order chi connectivity index (χ1) is 10.3. The second kappa shape index (κ2) is 7.78. The molecule has 0 spiro atoms. The molecule has 0 aliphatic carbocycles. The van der Waals surface area contributed by atoms with E-state index in [4.69, 9.17) is 11.6 Å². The molecule has 0 saturated carbocycles. The maximum absolute atomic E-state index is 6.14. The molecule has 1 heterocycles. The number of hydrogen-bond donors (Lipinski definition) is 1. The number of hydrogen-bond acceptors (Lipinski definition) is 2. The molecule has 0 aliphatic heterocycles. The van der Waals surface area contributed by atoms with Gasteiger partial charge in [-0.2, -0.15) is 0 Å². The van der Waals surface area contributed by atoms with E-state index in [2.05, 4.69) is 98.0 Å². The average molecular weight is 358 g/mol. The summed E-state index contributed by atoms with van der Waals surface area (Å²) in [5.41, 5.74) is 0.664. The van der Waals surface area contributed by atoms with Gasteiger partial charge in [-0.05, 0) is 47.0 Å². The highest BCUT2D eigenvalue weighted by Gasteiger charge is 2.27. The Morgan fingerprint density at radius 1 is 0.917 bits per heavy atom. The monoisotopic (exact) mass is 357 g/mol. The number of nitrogens with one attached hydrogen (secondary N) is 1. The van der Waals surface area contributed by atoms with Crippen LogP contribution in [0, 0.1) is 5.41 Å². The van der Waals surface area contributed by atoms with Gasteiger partial charge in [0.1, 0.15) is 11.0 Å². The van der Waals surface area contributed by atoms with E-state index in [0.29, 0.717) is 10.6 Å². The Labute approximate surface area is 155 Å². The van der Waals surface area contributed by atoms with Crippen LogP contribution in [-0.2, 0) is 11.0 Å². The molecule has 0 fully saturated rings. The van der Waals surface area contributed by atoms with Gasteiger partial charge in [0.15, 0.2) is 0 Å². The van der Waals surface area contributed by atoms with Crippen LogP contribution in [0.5, 0.6) is 0 Å². The largest absolute Gasteiger partial charge is 0.313 e. The molecule has 0 atom stereocenters. The maximum Gasteiger partial charge on any atom is 0.129 e. The lowest BCUT2D eigenvalue weighted by atomic mass is 9.94. The summed E-state index contributed by atoms with van der Waals surface area (Å²) in [6.07, 6.45) is 1.73. The van der Waals surface area contributed by atoms with Crippen molar-refractivity contribution in [3.8, 4) is 0 Å². The molecule has 1 rings (SSSR count). The van der Waals surface area contributed by atoms with E-state index >= 15 is 0 Å². The zero-order valence-electron chi connectivity index (χ0n) is 18.1. The highest BCUT2D eigenvalue weighted by Crippen LogP contribution is 2.30. The Morgan fingerprint density at radius 2 is 1.38 bits per heavy atom. The fourth-order valence-electron chi connectivity index (χ4n) is 2.03. The van der Waals surface area contributed by atoms with Crippen LogP contribution in [0.15, 0.2) is 6.20 Å². The molecule has 1 N–H and O–H groups in total. The number of halogens is 1. The van der Waals surface area contributed by atoms with Crippen LogP contribution >= 0.6 is 11.6 Å². The Hall–Kier alpha value is -0.540. The lowest BCUT2D eigenvalue weighted by Crippen LogP contribution is -2.40. The van der Waals surface area contributed by atoms with E-state index in [0.717, 1.165) is 12.4 Å². The van der Waals surface area contributed by atoms with Gasteiger partial charge in [0.05, 0.1) is 6.20 Å². The molecule has 24 heavy (non-hydrogen) atoms. The third kappa shape index (κ3) is 9.08. The van der Waals surface area contributed by atoms with Gasteiger partial charge in [-0.25, -0.2) is 4.98 Å². The molecule has 1 aromatic rings. The standard InChI is InChI=1S/C11H19ClN2.C9H21N/c1-10(2,3)9-13-7-8(12)14(9)11(4,5)6;1-8(2,3)7-10-9(4,5)6/h7H,1-6H3;10H,7H2,1-6H3. The van der Waals surface area contributed by atoms with E-state index in [1.54, 1.807) is 6.20 Å². The van der Waals surface area contributed by atoms with E-state index in [-0.39, 0.29) is 16.5 Å². The molecule has 4 heteroatoms. The first-order valence-electron chi connectivity index (χ1n) is 8.84. The molecule has 3 nitrogen and oxygen atoms in total. The molecule has 0 amide bonds. The number of rotatable bonds is 1. The zero-order valence-corrected chi connectivity index (χ0v) is 18.8. The minimum absolute atomic E-state index is 0.0177. The summed E-state index contributed by atoms with van der Waals surface area (Å²) in [5.74, 6) is 1.04. The molecule has 0 aromatic carbocycles. The smallest absolute Gasteiger partial charge is 0.129 e. The van der Waals surface area contributed by atoms with Crippen molar-refractivity contribution < 1.29 is 0 Å². The van der Waals surface area contributed by atoms with E-state index in [1.807, 2.05) is 0 Å². The molecule has 0 aliphatic rings. The topological polar surface area (TPSA) is 29.9 Å². The highest BCUT2D eigenvalue weighted by molar-refractivity contribution is 6.29. The van der Waals surface area contributed by atoms with Gasteiger partial charge in [0.25, 0.3) is 0 Å². The predicted molar refractivity (Wildman–Crippen MR) is 108 cm³/mol. The van der Waals surface area contributed by atoms with Crippen LogP contribution in [-0.4, -0.2) is 21.6 Å². The first kappa shape index (κ1) is 23.5. The minimum atomic E-state index is -0.0177. The lowest BCUT2D eigenvalue weighted by molar-refractivity contribution is 0.315.